The predicted octanol–water partition coefficient (Wildman–Crippen LogP) is 1.52. The summed E-state index contributed by atoms with van der Waals surface area (Å²) in [5.41, 5.74) is 2.69. The standard InChI is InChI=1S/C21H33N5O4/c1-11(2)20-24-10-17(25-20)18-16(23-9-15-12(3)26-30-13(15)4)8-14(19(18)27)21(28)22-6-7-29-5/h10-11,14,16,18-19,23,27H,6-9H2,1-5H3,(H,22,28)(H,24,25)/t14-,16+,18+,19+/m0/s1. The molecular weight excluding hydrogens is 386 g/mol. The van der Waals surface area contributed by atoms with Gasteiger partial charge in [0.15, 0.2) is 0 Å². The lowest BCUT2D eigenvalue weighted by Crippen LogP contribution is -2.37. The smallest absolute Gasteiger partial charge is 0.225 e. The van der Waals surface area contributed by atoms with Crippen LogP contribution in [0.4, 0.5) is 0 Å². The molecule has 166 valence electrons. The summed E-state index contributed by atoms with van der Waals surface area (Å²) in [6.07, 6.45) is 1.47. The first kappa shape index (κ1) is 22.5. The second-order valence-corrected chi connectivity index (χ2v) is 8.31. The normalized spacial score (nSPS) is 24.0. The van der Waals surface area contributed by atoms with Gasteiger partial charge in [-0.3, -0.25) is 4.79 Å². The summed E-state index contributed by atoms with van der Waals surface area (Å²) < 4.78 is 10.3. The maximum Gasteiger partial charge on any atom is 0.225 e. The zero-order valence-electron chi connectivity index (χ0n) is 18.4. The molecule has 30 heavy (non-hydrogen) atoms. The Morgan fingerprint density at radius 2 is 2.20 bits per heavy atom. The highest BCUT2D eigenvalue weighted by Crippen LogP contribution is 2.39. The Morgan fingerprint density at radius 3 is 2.80 bits per heavy atom. The van der Waals surface area contributed by atoms with E-state index in [1.807, 2.05) is 13.8 Å². The van der Waals surface area contributed by atoms with Crippen molar-refractivity contribution in [3.8, 4) is 0 Å². The van der Waals surface area contributed by atoms with Gasteiger partial charge in [-0.2, -0.15) is 0 Å². The number of nitrogens with one attached hydrogen (secondary N) is 3. The van der Waals surface area contributed by atoms with Gasteiger partial charge in [0.2, 0.25) is 5.91 Å². The van der Waals surface area contributed by atoms with E-state index in [1.165, 1.54) is 0 Å². The average Bonchev–Trinajstić information content (AvgIpc) is 3.39. The van der Waals surface area contributed by atoms with E-state index in [9.17, 15) is 9.90 Å². The van der Waals surface area contributed by atoms with Crippen molar-refractivity contribution in [3.05, 3.63) is 34.7 Å². The highest BCUT2D eigenvalue weighted by molar-refractivity contribution is 5.80. The highest BCUT2D eigenvalue weighted by Gasteiger charge is 2.47. The van der Waals surface area contributed by atoms with E-state index in [-0.39, 0.29) is 23.8 Å². The van der Waals surface area contributed by atoms with Gasteiger partial charge in [-0.1, -0.05) is 19.0 Å². The number of hydrogen-bond acceptors (Lipinski definition) is 7. The van der Waals surface area contributed by atoms with Crippen molar-refractivity contribution < 1.29 is 19.2 Å². The number of rotatable bonds is 9. The van der Waals surface area contributed by atoms with Gasteiger partial charge in [-0.25, -0.2) is 4.98 Å². The fourth-order valence-electron chi connectivity index (χ4n) is 4.13. The van der Waals surface area contributed by atoms with E-state index in [1.54, 1.807) is 13.3 Å². The maximum absolute atomic E-state index is 12.7. The van der Waals surface area contributed by atoms with Crippen LogP contribution in [0.3, 0.4) is 0 Å². The molecule has 0 bridgehead atoms. The zero-order chi connectivity index (χ0) is 21.8. The van der Waals surface area contributed by atoms with E-state index in [4.69, 9.17) is 9.26 Å². The molecule has 0 radical (unpaired) electrons. The number of imidazole rings is 1. The predicted molar refractivity (Wildman–Crippen MR) is 111 cm³/mol. The fourth-order valence-corrected chi connectivity index (χ4v) is 4.13. The van der Waals surface area contributed by atoms with E-state index < -0.39 is 12.0 Å². The first-order chi connectivity index (χ1) is 14.3. The lowest BCUT2D eigenvalue weighted by molar-refractivity contribution is -0.127. The minimum atomic E-state index is -0.824. The van der Waals surface area contributed by atoms with Crippen molar-refractivity contribution in [2.45, 2.75) is 64.6 Å². The first-order valence-electron chi connectivity index (χ1n) is 10.5. The van der Waals surface area contributed by atoms with E-state index in [2.05, 4.69) is 39.6 Å². The Balaban J connectivity index is 1.79. The van der Waals surface area contributed by atoms with Crippen molar-refractivity contribution in [1.29, 1.82) is 0 Å². The second-order valence-electron chi connectivity index (χ2n) is 8.31. The van der Waals surface area contributed by atoms with Crippen molar-refractivity contribution in [2.75, 3.05) is 20.3 Å². The molecule has 9 nitrogen and oxygen atoms in total. The number of aryl methyl sites for hydroxylation is 2. The zero-order valence-corrected chi connectivity index (χ0v) is 18.4. The molecule has 3 rings (SSSR count). The number of aromatic nitrogens is 3. The molecule has 2 aromatic rings. The number of methoxy groups -OCH3 is 1. The number of hydrogen-bond donors (Lipinski definition) is 4. The molecule has 2 aromatic heterocycles. The molecule has 0 unspecified atom stereocenters. The highest BCUT2D eigenvalue weighted by atomic mass is 16.5. The van der Waals surface area contributed by atoms with Crippen LogP contribution in [-0.2, 0) is 16.1 Å². The summed E-state index contributed by atoms with van der Waals surface area (Å²) in [5.74, 6) is 0.944. The van der Waals surface area contributed by atoms with E-state index >= 15 is 0 Å². The Bertz CT molecular complexity index is 827. The molecule has 4 N–H and O–H groups in total. The van der Waals surface area contributed by atoms with Gasteiger partial charge < -0.3 is 30.0 Å². The lowest BCUT2D eigenvalue weighted by atomic mass is 9.96. The van der Waals surface area contributed by atoms with Crippen LogP contribution in [0.5, 0.6) is 0 Å². The third kappa shape index (κ3) is 4.74. The molecule has 1 aliphatic rings. The van der Waals surface area contributed by atoms with Crippen molar-refractivity contribution in [3.63, 3.8) is 0 Å². The SMILES string of the molecule is COCCNC(=O)[C@H]1C[C@@H](NCc2c(C)noc2C)[C@H](c2cnc(C(C)C)[nH]2)[C@@H]1O. The molecule has 0 aromatic carbocycles. The summed E-state index contributed by atoms with van der Waals surface area (Å²) >= 11 is 0. The second kappa shape index (κ2) is 9.72. The van der Waals surface area contributed by atoms with Crippen LogP contribution in [0.25, 0.3) is 0 Å². The molecule has 1 amide bonds. The van der Waals surface area contributed by atoms with Gasteiger partial charge in [-0.05, 0) is 20.3 Å². The Hall–Kier alpha value is -2.23. The summed E-state index contributed by atoms with van der Waals surface area (Å²) in [4.78, 5) is 20.5. The van der Waals surface area contributed by atoms with Crippen LogP contribution in [0, 0.1) is 19.8 Å². The molecule has 0 saturated heterocycles. The number of aliphatic hydroxyl groups is 1. The lowest BCUT2D eigenvalue weighted by Gasteiger charge is -2.22. The van der Waals surface area contributed by atoms with Crippen LogP contribution < -0.4 is 10.6 Å². The third-order valence-electron chi connectivity index (χ3n) is 5.91. The first-order valence-corrected chi connectivity index (χ1v) is 10.5. The number of ether oxygens (including phenoxy) is 1. The van der Waals surface area contributed by atoms with E-state index in [0.717, 1.165) is 28.5 Å². The number of H-pyrrole nitrogens is 1. The summed E-state index contributed by atoms with van der Waals surface area (Å²) in [7, 11) is 1.59. The van der Waals surface area contributed by atoms with Crippen LogP contribution >= 0.6 is 0 Å². The largest absolute Gasteiger partial charge is 0.392 e. The van der Waals surface area contributed by atoms with Gasteiger partial charge in [0.1, 0.15) is 11.6 Å². The number of aliphatic hydroxyl groups excluding tert-OH is 1. The van der Waals surface area contributed by atoms with Crippen molar-refractivity contribution in [1.82, 2.24) is 25.8 Å². The van der Waals surface area contributed by atoms with Crippen LogP contribution in [-0.4, -0.2) is 58.5 Å². The van der Waals surface area contributed by atoms with Crippen LogP contribution in [0.2, 0.25) is 0 Å². The third-order valence-corrected chi connectivity index (χ3v) is 5.91. The van der Waals surface area contributed by atoms with Crippen molar-refractivity contribution >= 4 is 5.91 Å². The Morgan fingerprint density at radius 1 is 1.43 bits per heavy atom. The summed E-state index contributed by atoms with van der Waals surface area (Å²) in [6, 6.07) is -0.104. The Labute approximate surface area is 177 Å². The minimum absolute atomic E-state index is 0.104. The molecular formula is C21H33N5O4. The number of aromatic amines is 1. The van der Waals surface area contributed by atoms with Gasteiger partial charge in [0.25, 0.3) is 0 Å². The van der Waals surface area contributed by atoms with Gasteiger partial charge in [0.05, 0.1) is 24.3 Å². The quantitative estimate of drug-likeness (QED) is 0.454. The number of carbonyl (C=O) groups is 1. The maximum atomic E-state index is 12.7. The average molecular weight is 420 g/mol. The topological polar surface area (TPSA) is 125 Å². The number of nitrogens with zero attached hydrogens (tertiary/aromatic N) is 2. The monoisotopic (exact) mass is 419 g/mol. The molecule has 0 aliphatic heterocycles. The number of carbonyl (C=O) groups excluding carboxylic acids is 1. The number of amides is 1. The van der Waals surface area contributed by atoms with Gasteiger partial charge in [-0.15, -0.1) is 0 Å². The van der Waals surface area contributed by atoms with Crippen LogP contribution in [0.15, 0.2) is 10.7 Å². The fraction of sp³-hybridized carbons (Fsp3) is 0.667. The molecule has 9 heteroatoms. The molecule has 1 fully saturated rings. The van der Waals surface area contributed by atoms with Gasteiger partial charge >= 0.3 is 0 Å². The van der Waals surface area contributed by atoms with Crippen LogP contribution in [0.1, 0.15) is 60.6 Å². The summed E-state index contributed by atoms with van der Waals surface area (Å²) in [6.45, 7) is 9.32. The molecule has 1 saturated carbocycles. The molecule has 0 spiro atoms. The van der Waals surface area contributed by atoms with Crippen molar-refractivity contribution in [2.24, 2.45) is 5.92 Å². The molecule has 1 aliphatic carbocycles. The molecule has 2 heterocycles. The Kier molecular flexibility index (Phi) is 7.27. The molecule has 4 atom stereocenters. The summed E-state index contributed by atoms with van der Waals surface area (Å²) in [5, 5.41) is 21.5. The minimum Gasteiger partial charge on any atom is -0.392 e. The van der Waals surface area contributed by atoms with Gasteiger partial charge in [0, 0.05) is 55.5 Å². The van der Waals surface area contributed by atoms with E-state index in [0.29, 0.717) is 26.1 Å².